The fraction of sp³-hybridized carbons (Fsp3) is 0.0556. The lowest BCUT2D eigenvalue weighted by Gasteiger charge is -2.06. The van der Waals surface area contributed by atoms with Crippen molar-refractivity contribution in [1.82, 2.24) is 0 Å². The maximum absolute atomic E-state index is 12.1. The van der Waals surface area contributed by atoms with Gasteiger partial charge in [-0.2, -0.15) is 5.26 Å². The predicted octanol–water partition coefficient (Wildman–Crippen LogP) is 3.15. The van der Waals surface area contributed by atoms with E-state index in [0.29, 0.717) is 5.69 Å². The van der Waals surface area contributed by atoms with Crippen LogP contribution in [0.2, 0.25) is 0 Å². The summed E-state index contributed by atoms with van der Waals surface area (Å²) in [5.41, 5.74) is 2.07. The first-order valence-electron chi connectivity index (χ1n) is 7.08. The van der Waals surface area contributed by atoms with Gasteiger partial charge in [-0.25, -0.2) is 4.79 Å². The minimum absolute atomic E-state index is 0.0491. The minimum Gasteiger partial charge on any atom is -0.478 e. The zero-order valence-electron chi connectivity index (χ0n) is 12.9. The Morgan fingerprint density at radius 3 is 2.46 bits per heavy atom. The molecule has 0 saturated heterocycles. The Balaban J connectivity index is 2.10. The van der Waals surface area contributed by atoms with Crippen LogP contribution in [0.1, 0.15) is 15.9 Å². The SMILES string of the molecule is Cc1ccc(N/C=C(/C#N)C(=O)Nc2cccc(C(=O)O)c2)cc1. The monoisotopic (exact) mass is 321 g/mol. The summed E-state index contributed by atoms with van der Waals surface area (Å²) >= 11 is 0. The first-order chi connectivity index (χ1) is 11.5. The molecule has 0 bridgehead atoms. The average Bonchev–Trinajstić information content (AvgIpc) is 2.57. The van der Waals surface area contributed by atoms with Crippen LogP contribution in [0.15, 0.2) is 60.3 Å². The number of nitrogens with one attached hydrogen (secondary N) is 2. The number of aromatic carboxylic acids is 1. The fourth-order valence-corrected chi connectivity index (χ4v) is 1.88. The molecule has 0 saturated carbocycles. The molecular weight excluding hydrogens is 306 g/mol. The van der Waals surface area contributed by atoms with E-state index in [1.165, 1.54) is 24.4 Å². The van der Waals surface area contributed by atoms with Crippen LogP contribution in [0.4, 0.5) is 11.4 Å². The second-order valence-electron chi connectivity index (χ2n) is 5.02. The molecule has 0 radical (unpaired) electrons. The number of hydrogen-bond acceptors (Lipinski definition) is 4. The third kappa shape index (κ3) is 4.45. The number of anilines is 2. The molecular formula is C18H15N3O3. The molecule has 0 atom stereocenters. The van der Waals surface area contributed by atoms with Gasteiger partial charge in [-0.3, -0.25) is 4.79 Å². The zero-order chi connectivity index (χ0) is 17.5. The normalized spacial score (nSPS) is 10.6. The zero-order valence-corrected chi connectivity index (χ0v) is 12.9. The van der Waals surface area contributed by atoms with Crippen LogP contribution in [-0.2, 0) is 4.79 Å². The van der Waals surface area contributed by atoms with Crippen molar-refractivity contribution in [2.24, 2.45) is 0 Å². The van der Waals surface area contributed by atoms with E-state index in [1.54, 1.807) is 6.07 Å². The Morgan fingerprint density at radius 2 is 1.83 bits per heavy atom. The van der Waals surface area contributed by atoms with E-state index in [0.717, 1.165) is 11.3 Å². The molecule has 0 fully saturated rings. The number of carboxylic acid groups (broad SMARTS) is 1. The highest BCUT2D eigenvalue weighted by Gasteiger charge is 2.10. The van der Waals surface area contributed by atoms with Gasteiger partial charge in [-0.05, 0) is 37.3 Å². The van der Waals surface area contributed by atoms with Gasteiger partial charge >= 0.3 is 5.97 Å². The maximum Gasteiger partial charge on any atom is 0.335 e. The fourth-order valence-electron chi connectivity index (χ4n) is 1.88. The van der Waals surface area contributed by atoms with Gasteiger partial charge in [0.1, 0.15) is 11.6 Å². The first-order valence-corrected chi connectivity index (χ1v) is 7.08. The third-order valence-corrected chi connectivity index (χ3v) is 3.17. The molecule has 0 aliphatic carbocycles. The number of carboxylic acids is 1. The number of aryl methyl sites for hydroxylation is 1. The highest BCUT2D eigenvalue weighted by atomic mass is 16.4. The number of amides is 1. The molecule has 0 unspecified atom stereocenters. The van der Waals surface area contributed by atoms with E-state index in [4.69, 9.17) is 10.4 Å². The van der Waals surface area contributed by atoms with E-state index in [-0.39, 0.29) is 11.1 Å². The summed E-state index contributed by atoms with van der Waals surface area (Å²) < 4.78 is 0. The van der Waals surface area contributed by atoms with Crippen molar-refractivity contribution < 1.29 is 14.7 Å². The lowest BCUT2D eigenvalue weighted by Crippen LogP contribution is -2.15. The topological polar surface area (TPSA) is 102 Å². The summed E-state index contributed by atoms with van der Waals surface area (Å²) in [5.74, 6) is -1.72. The van der Waals surface area contributed by atoms with E-state index >= 15 is 0 Å². The van der Waals surface area contributed by atoms with Crippen molar-refractivity contribution in [2.45, 2.75) is 6.92 Å². The van der Waals surface area contributed by atoms with E-state index in [9.17, 15) is 9.59 Å². The molecule has 0 aliphatic heterocycles. The molecule has 1 amide bonds. The van der Waals surface area contributed by atoms with Crippen molar-refractivity contribution in [3.63, 3.8) is 0 Å². The van der Waals surface area contributed by atoms with Crippen molar-refractivity contribution >= 4 is 23.3 Å². The quantitative estimate of drug-likeness (QED) is 0.580. The molecule has 2 rings (SSSR count). The molecule has 3 N–H and O–H groups in total. The number of nitriles is 1. The Kier molecular flexibility index (Phi) is 5.32. The average molecular weight is 321 g/mol. The molecule has 0 aliphatic rings. The summed E-state index contributed by atoms with van der Waals surface area (Å²) in [6, 6.07) is 15.1. The minimum atomic E-state index is -1.09. The summed E-state index contributed by atoms with van der Waals surface area (Å²) in [4.78, 5) is 23.0. The molecule has 2 aromatic rings. The molecule has 120 valence electrons. The summed E-state index contributed by atoms with van der Waals surface area (Å²) in [7, 11) is 0. The van der Waals surface area contributed by atoms with Crippen LogP contribution in [-0.4, -0.2) is 17.0 Å². The van der Waals surface area contributed by atoms with Crippen molar-refractivity contribution in [2.75, 3.05) is 10.6 Å². The standard InChI is InChI=1S/C18H15N3O3/c1-12-5-7-15(8-6-12)20-11-14(10-19)17(22)21-16-4-2-3-13(9-16)18(23)24/h2-9,11,20H,1H3,(H,21,22)(H,23,24)/b14-11-. The van der Waals surface area contributed by atoms with Crippen LogP contribution in [0.3, 0.4) is 0 Å². The number of hydrogen-bond donors (Lipinski definition) is 3. The second-order valence-corrected chi connectivity index (χ2v) is 5.02. The number of carbonyl (C=O) groups excluding carboxylic acids is 1. The van der Waals surface area contributed by atoms with Gasteiger partial charge in [-0.15, -0.1) is 0 Å². The van der Waals surface area contributed by atoms with Gasteiger partial charge in [0.2, 0.25) is 0 Å². The molecule has 6 heteroatoms. The summed E-state index contributed by atoms with van der Waals surface area (Å²) in [6.07, 6.45) is 1.31. The predicted molar refractivity (Wildman–Crippen MR) is 90.5 cm³/mol. The molecule has 6 nitrogen and oxygen atoms in total. The van der Waals surface area contributed by atoms with Gasteiger partial charge < -0.3 is 15.7 Å². The number of rotatable bonds is 5. The van der Waals surface area contributed by atoms with Crippen LogP contribution in [0, 0.1) is 18.3 Å². The lowest BCUT2D eigenvalue weighted by molar-refractivity contribution is -0.112. The van der Waals surface area contributed by atoms with E-state index in [1.807, 2.05) is 37.3 Å². The third-order valence-electron chi connectivity index (χ3n) is 3.17. The van der Waals surface area contributed by atoms with Gasteiger partial charge in [-0.1, -0.05) is 23.8 Å². The van der Waals surface area contributed by atoms with Crippen molar-refractivity contribution in [3.05, 3.63) is 71.4 Å². The van der Waals surface area contributed by atoms with Crippen LogP contribution in [0.5, 0.6) is 0 Å². The Morgan fingerprint density at radius 1 is 1.12 bits per heavy atom. The maximum atomic E-state index is 12.1. The smallest absolute Gasteiger partial charge is 0.335 e. The van der Waals surface area contributed by atoms with E-state index < -0.39 is 11.9 Å². The summed E-state index contributed by atoms with van der Waals surface area (Å²) in [6.45, 7) is 1.96. The highest BCUT2D eigenvalue weighted by Crippen LogP contribution is 2.13. The number of carbonyl (C=O) groups is 2. The van der Waals surface area contributed by atoms with E-state index in [2.05, 4.69) is 10.6 Å². The largest absolute Gasteiger partial charge is 0.478 e. The lowest BCUT2D eigenvalue weighted by atomic mass is 10.2. The van der Waals surface area contributed by atoms with Crippen molar-refractivity contribution in [1.29, 1.82) is 5.26 Å². The summed E-state index contributed by atoms with van der Waals surface area (Å²) in [5, 5.41) is 23.4. The molecule has 2 aromatic carbocycles. The Bertz CT molecular complexity index is 833. The molecule has 0 heterocycles. The van der Waals surface area contributed by atoms with Gasteiger partial charge in [0.05, 0.1) is 5.56 Å². The van der Waals surface area contributed by atoms with Gasteiger partial charge in [0.25, 0.3) is 5.91 Å². The van der Waals surface area contributed by atoms with Crippen LogP contribution in [0.25, 0.3) is 0 Å². The number of nitrogens with zero attached hydrogens (tertiary/aromatic N) is 1. The Hall–Kier alpha value is -3.59. The van der Waals surface area contributed by atoms with Gasteiger partial charge in [0.15, 0.2) is 0 Å². The van der Waals surface area contributed by atoms with Crippen LogP contribution < -0.4 is 10.6 Å². The van der Waals surface area contributed by atoms with Gasteiger partial charge in [0, 0.05) is 17.6 Å². The molecule has 24 heavy (non-hydrogen) atoms. The highest BCUT2D eigenvalue weighted by molar-refractivity contribution is 6.07. The molecule has 0 spiro atoms. The first kappa shape index (κ1) is 16.8. The van der Waals surface area contributed by atoms with Crippen LogP contribution >= 0.6 is 0 Å². The number of benzene rings is 2. The molecule has 0 aromatic heterocycles. The Labute approximate surface area is 139 Å². The van der Waals surface area contributed by atoms with Crippen molar-refractivity contribution in [3.8, 4) is 6.07 Å². The second kappa shape index (κ2) is 7.61.